The van der Waals surface area contributed by atoms with Crippen LogP contribution in [-0.4, -0.2) is 44.8 Å². The lowest BCUT2D eigenvalue weighted by atomic mass is 9.34. The number of rotatable bonds is 4. The first-order valence-corrected chi connectivity index (χ1v) is 13.7. The minimum absolute atomic E-state index is 0.0386. The highest BCUT2D eigenvalue weighted by atomic mass is 16.3. The maximum atomic E-state index is 11.7. The van der Waals surface area contributed by atoms with E-state index >= 15 is 0 Å². The Balaban J connectivity index is 1.69. The summed E-state index contributed by atoms with van der Waals surface area (Å²) in [6.45, 7) is 19.3. The van der Waals surface area contributed by atoms with Crippen LogP contribution in [0.5, 0.6) is 0 Å². The number of hydrogen-bond acceptors (Lipinski definition) is 4. The van der Waals surface area contributed by atoms with Crippen LogP contribution in [0.3, 0.4) is 0 Å². The molecule has 4 heteroatoms. The maximum Gasteiger partial charge on any atom is 0.0779 e. The van der Waals surface area contributed by atoms with Gasteiger partial charge >= 0.3 is 0 Å². The highest BCUT2D eigenvalue weighted by molar-refractivity contribution is 5.24. The average Bonchev–Trinajstić information content (AvgIpc) is 3.10. The SMILES string of the molecule is C=C(C)[C@@H](O)C/C=C(/C)[C@H]1CC[C@]2(C)[C@@H]1[C@H](O)C[C@@H]1[C@]3(C)CC[C@@H](O)C(C)(C)[C@H]3[C@@H](O)C[C@]12C. The van der Waals surface area contributed by atoms with Crippen LogP contribution in [0.4, 0.5) is 0 Å². The molecule has 4 N–H and O–H groups in total. The van der Waals surface area contributed by atoms with E-state index < -0.39 is 12.2 Å². The smallest absolute Gasteiger partial charge is 0.0779 e. The van der Waals surface area contributed by atoms with Gasteiger partial charge in [-0.2, -0.15) is 0 Å². The van der Waals surface area contributed by atoms with Gasteiger partial charge in [0.15, 0.2) is 0 Å². The zero-order chi connectivity index (χ0) is 25.4. The Labute approximate surface area is 207 Å². The second-order valence-electron chi connectivity index (χ2n) is 14.0. The Morgan fingerprint density at radius 2 is 1.62 bits per heavy atom. The molecule has 0 saturated heterocycles. The van der Waals surface area contributed by atoms with Crippen molar-refractivity contribution in [1.29, 1.82) is 0 Å². The number of aliphatic hydroxyl groups excluding tert-OH is 4. The molecule has 4 aliphatic carbocycles. The molecular weight excluding hydrogens is 424 g/mol. The van der Waals surface area contributed by atoms with E-state index in [9.17, 15) is 20.4 Å². The van der Waals surface area contributed by atoms with E-state index in [-0.39, 0.29) is 45.7 Å². The van der Waals surface area contributed by atoms with E-state index in [1.54, 1.807) is 0 Å². The van der Waals surface area contributed by atoms with Crippen LogP contribution in [0, 0.1) is 45.3 Å². The molecular formula is C30H50O4. The molecule has 11 atom stereocenters. The summed E-state index contributed by atoms with van der Waals surface area (Å²) in [7, 11) is 0. The molecule has 34 heavy (non-hydrogen) atoms. The molecule has 0 aromatic carbocycles. The van der Waals surface area contributed by atoms with E-state index in [0.717, 1.165) is 44.1 Å². The van der Waals surface area contributed by atoms with E-state index in [2.05, 4.69) is 54.2 Å². The van der Waals surface area contributed by atoms with Gasteiger partial charge < -0.3 is 20.4 Å². The first-order valence-electron chi connectivity index (χ1n) is 13.7. The summed E-state index contributed by atoms with van der Waals surface area (Å²) in [6.07, 6.45) is 6.33. The third kappa shape index (κ3) is 3.53. The second kappa shape index (κ2) is 8.43. The summed E-state index contributed by atoms with van der Waals surface area (Å²) in [5.41, 5.74) is 1.51. The largest absolute Gasteiger partial charge is 0.393 e. The standard InChI is InChI=1S/C30H50O4/c1-17(2)20(31)10-9-18(3)19-11-14-29(7)25(19)21(32)15-23-28(6)13-12-24(34)27(4,5)26(28)22(33)16-30(23,29)8/h9,19-26,31-34H,1,10-16H2,2-8H3/b18-9-/t19-,20+,21-,22+,23-,24-,25+,26-,28+,29-,30-/m1/s1. The van der Waals surface area contributed by atoms with E-state index in [1.807, 2.05) is 6.92 Å². The Morgan fingerprint density at radius 1 is 0.971 bits per heavy atom. The van der Waals surface area contributed by atoms with Crippen molar-refractivity contribution in [2.45, 2.75) is 118 Å². The van der Waals surface area contributed by atoms with Gasteiger partial charge in [0.25, 0.3) is 0 Å². The van der Waals surface area contributed by atoms with Crippen molar-refractivity contribution in [2.75, 3.05) is 0 Å². The van der Waals surface area contributed by atoms with Gasteiger partial charge in [0.1, 0.15) is 0 Å². The molecule has 4 fully saturated rings. The van der Waals surface area contributed by atoms with Gasteiger partial charge in [0.05, 0.1) is 24.4 Å². The predicted molar refractivity (Wildman–Crippen MR) is 137 cm³/mol. The molecule has 4 rings (SSSR count). The molecule has 0 spiro atoms. The summed E-state index contributed by atoms with van der Waals surface area (Å²) in [6, 6.07) is 0. The number of fused-ring (bicyclic) bond motifs is 5. The number of aliphatic hydroxyl groups is 4. The Kier molecular flexibility index (Phi) is 6.54. The van der Waals surface area contributed by atoms with E-state index in [4.69, 9.17) is 0 Å². The monoisotopic (exact) mass is 474 g/mol. The van der Waals surface area contributed by atoms with Crippen LogP contribution >= 0.6 is 0 Å². The zero-order valence-corrected chi connectivity index (χ0v) is 22.6. The van der Waals surface area contributed by atoms with E-state index in [0.29, 0.717) is 18.3 Å². The Hall–Kier alpha value is -0.680. The second-order valence-corrected chi connectivity index (χ2v) is 14.0. The van der Waals surface area contributed by atoms with Gasteiger partial charge in [-0.05, 0) is 104 Å². The number of hydrogen-bond donors (Lipinski definition) is 4. The van der Waals surface area contributed by atoms with Gasteiger partial charge in [-0.1, -0.05) is 58.4 Å². The van der Waals surface area contributed by atoms with Crippen LogP contribution in [0.25, 0.3) is 0 Å². The van der Waals surface area contributed by atoms with Crippen LogP contribution < -0.4 is 0 Å². The van der Waals surface area contributed by atoms with E-state index in [1.165, 1.54) is 5.57 Å². The van der Waals surface area contributed by atoms with Crippen molar-refractivity contribution in [2.24, 2.45) is 45.3 Å². The minimum Gasteiger partial charge on any atom is -0.393 e. The van der Waals surface area contributed by atoms with Crippen molar-refractivity contribution in [3.05, 3.63) is 23.8 Å². The summed E-state index contributed by atoms with van der Waals surface area (Å²) in [5.74, 6) is 0.838. The summed E-state index contributed by atoms with van der Waals surface area (Å²) in [4.78, 5) is 0. The molecule has 0 unspecified atom stereocenters. The van der Waals surface area contributed by atoms with Crippen molar-refractivity contribution >= 4 is 0 Å². The van der Waals surface area contributed by atoms with Crippen LogP contribution in [0.2, 0.25) is 0 Å². The van der Waals surface area contributed by atoms with Crippen molar-refractivity contribution < 1.29 is 20.4 Å². The van der Waals surface area contributed by atoms with Gasteiger partial charge in [-0.25, -0.2) is 0 Å². The lowest BCUT2D eigenvalue weighted by Gasteiger charge is -2.71. The fourth-order valence-corrected chi connectivity index (χ4v) is 10.1. The molecule has 4 nitrogen and oxygen atoms in total. The summed E-state index contributed by atoms with van der Waals surface area (Å²) < 4.78 is 0. The van der Waals surface area contributed by atoms with Crippen LogP contribution in [0.1, 0.15) is 93.4 Å². The van der Waals surface area contributed by atoms with Gasteiger partial charge in [0, 0.05) is 0 Å². The summed E-state index contributed by atoms with van der Waals surface area (Å²) >= 11 is 0. The fourth-order valence-electron chi connectivity index (χ4n) is 10.1. The molecule has 0 heterocycles. The highest BCUT2D eigenvalue weighted by Crippen LogP contribution is 2.75. The fraction of sp³-hybridized carbons (Fsp3) is 0.867. The number of allylic oxidation sites excluding steroid dienone is 1. The molecule has 0 aromatic rings. The molecule has 0 radical (unpaired) electrons. The van der Waals surface area contributed by atoms with Crippen LogP contribution in [0.15, 0.2) is 23.8 Å². The quantitative estimate of drug-likeness (QED) is 0.420. The van der Waals surface area contributed by atoms with Gasteiger partial charge in [0.2, 0.25) is 0 Å². The van der Waals surface area contributed by atoms with Crippen molar-refractivity contribution in [3.8, 4) is 0 Å². The van der Waals surface area contributed by atoms with Crippen molar-refractivity contribution in [1.82, 2.24) is 0 Å². The molecule has 194 valence electrons. The lowest BCUT2D eigenvalue weighted by molar-refractivity contribution is -0.270. The zero-order valence-electron chi connectivity index (χ0n) is 22.6. The minimum atomic E-state index is -0.517. The molecule has 0 aromatic heterocycles. The van der Waals surface area contributed by atoms with Gasteiger partial charge in [-0.15, -0.1) is 0 Å². The summed E-state index contributed by atoms with van der Waals surface area (Å²) in [5, 5.41) is 44.5. The normalized spacial score (nSPS) is 51.3. The molecule has 0 bridgehead atoms. The third-order valence-corrected chi connectivity index (χ3v) is 12.1. The van der Waals surface area contributed by atoms with Crippen LogP contribution in [-0.2, 0) is 0 Å². The molecule has 0 aliphatic heterocycles. The first kappa shape index (κ1) is 26.4. The highest BCUT2D eigenvalue weighted by Gasteiger charge is 2.72. The topological polar surface area (TPSA) is 80.9 Å². The molecule has 4 aliphatic rings. The molecule has 0 amide bonds. The lowest BCUT2D eigenvalue weighted by Crippen LogP contribution is -2.69. The average molecular weight is 475 g/mol. The third-order valence-electron chi connectivity index (χ3n) is 12.1. The maximum absolute atomic E-state index is 11.7. The molecule has 4 saturated carbocycles. The Morgan fingerprint density at radius 3 is 2.24 bits per heavy atom. The predicted octanol–water partition coefficient (Wildman–Crippen LogP) is 5.25. The first-order chi connectivity index (χ1) is 15.6. The Bertz CT molecular complexity index is 847. The van der Waals surface area contributed by atoms with Gasteiger partial charge in [-0.3, -0.25) is 0 Å². The van der Waals surface area contributed by atoms with Crippen molar-refractivity contribution in [3.63, 3.8) is 0 Å².